The summed E-state index contributed by atoms with van der Waals surface area (Å²) in [5.41, 5.74) is -0.473. The Morgan fingerprint density at radius 2 is 1.61 bits per heavy atom. The van der Waals surface area contributed by atoms with E-state index in [0.29, 0.717) is 18.5 Å². The second-order valence-electron chi connectivity index (χ2n) is 9.26. The molecule has 1 saturated heterocycles. The molecule has 38 heavy (non-hydrogen) atoms. The molecule has 11 heteroatoms. The van der Waals surface area contributed by atoms with Crippen LogP contribution in [0, 0.1) is 0 Å². The Hall–Kier alpha value is -2.63. The minimum absolute atomic E-state index is 0.0198. The average molecular weight is 557 g/mol. The fourth-order valence-electron chi connectivity index (χ4n) is 4.77. The lowest BCUT2D eigenvalue weighted by Crippen LogP contribution is -2.54. The highest BCUT2D eigenvalue weighted by Gasteiger charge is 2.55. The highest BCUT2D eigenvalue weighted by Crippen LogP contribution is 2.39. The average Bonchev–Trinajstić information content (AvgIpc) is 3.42. The zero-order chi connectivity index (χ0) is 27.8. The van der Waals surface area contributed by atoms with E-state index in [2.05, 4.69) is 4.90 Å². The summed E-state index contributed by atoms with van der Waals surface area (Å²) in [5, 5.41) is 0. The standard InChI is InChI=1S/C27H35F3N2O5S/c1-3-16-32(20-21-37-24-13-11-23(12-14-24)27(28,29)30)38(34,35)26(25(33)36-2,22-9-5-4-6-10-22)15-19-31-17-7-8-18-31/h4-6,9-14H,3,7-8,15-21H2,1-2H3. The van der Waals surface area contributed by atoms with Crippen molar-refractivity contribution in [3.05, 3.63) is 65.7 Å². The third-order valence-electron chi connectivity index (χ3n) is 6.78. The van der Waals surface area contributed by atoms with Gasteiger partial charge in [-0.05, 0) is 68.6 Å². The molecule has 1 aliphatic rings. The van der Waals surface area contributed by atoms with E-state index < -0.39 is 32.5 Å². The van der Waals surface area contributed by atoms with Gasteiger partial charge in [0.15, 0.2) is 0 Å². The molecule has 1 fully saturated rings. The first-order valence-corrected chi connectivity index (χ1v) is 14.2. The number of hydrogen-bond acceptors (Lipinski definition) is 6. The van der Waals surface area contributed by atoms with Gasteiger partial charge >= 0.3 is 12.1 Å². The molecule has 1 heterocycles. The summed E-state index contributed by atoms with van der Waals surface area (Å²) in [6.45, 7) is 3.85. The van der Waals surface area contributed by atoms with Crippen molar-refractivity contribution < 1.29 is 35.9 Å². The van der Waals surface area contributed by atoms with Crippen LogP contribution in [0.5, 0.6) is 5.75 Å². The molecule has 1 atom stereocenters. The third-order valence-corrected chi connectivity index (χ3v) is 9.31. The third kappa shape index (κ3) is 6.68. The number of sulfonamides is 1. The van der Waals surface area contributed by atoms with Crippen molar-refractivity contribution >= 4 is 16.0 Å². The second-order valence-corrected chi connectivity index (χ2v) is 11.4. The predicted molar refractivity (Wildman–Crippen MR) is 138 cm³/mol. The largest absolute Gasteiger partial charge is 0.492 e. The molecule has 7 nitrogen and oxygen atoms in total. The van der Waals surface area contributed by atoms with Crippen LogP contribution >= 0.6 is 0 Å². The fourth-order valence-corrected chi connectivity index (χ4v) is 7.02. The lowest BCUT2D eigenvalue weighted by molar-refractivity contribution is -0.144. The highest BCUT2D eigenvalue weighted by atomic mass is 32.2. The van der Waals surface area contributed by atoms with Crippen molar-refractivity contribution in [3.63, 3.8) is 0 Å². The summed E-state index contributed by atoms with van der Waals surface area (Å²) in [6, 6.07) is 12.6. The smallest absolute Gasteiger partial charge is 0.416 e. The van der Waals surface area contributed by atoms with Crippen molar-refractivity contribution in [2.45, 2.75) is 43.5 Å². The van der Waals surface area contributed by atoms with Gasteiger partial charge in [0.25, 0.3) is 0 Å². The number of rotatable bonds is 13. The molecule has 210 valence electrons. The van der Waals surface area contributed by atoms with Crippen LogP contribution in [-0.2, 0) is 30.5 Å². The van der Waals surface area contributed by atoms with E-state index in [4.69, 9.17) is 9.47 Å². The number of alkyl halides is 3. The molecule has 2 aromatic rings. The highest BCUT2D eigenvalue weighted by molar-refractivity contribution is 7.90. The number of carbonyl (C=O) groups is 1. The van der Waals surface area contributed by atoms with Crippen LogP contribution in [0.3, 0.4) is 0 Å². The minimum atomic E-state index is -4.46. The molecule has 3 rings (SSSR count). The molecule has 0 saturated carbocycles. The number of likely N-dealkylation sites (tertiary alicyclic amines) is 1. The Balaban J connectivity index is 1.90. The first kappa shape index (κ1) is 29.9. The summed E-state index contributed by atoms with van der Waals surface area (Å²) < 4.78 is 77.3. The van der Waals surface area contributed by atoms with Crippen molar-refractivity contribution in [1.82, 2.24) is 9.21 Å². The number of benzene rings is 2. The number of ether oxygens (including phenoxy) is 2. The lowest BCUT2D eigenvalue weighted by Gasteiger charge is -2.37. The summed E-state index contributed by atoms with van der Waals surface area (Å²) in [4.78, 5) is 15.6. The van der Waals surface area contributed by atoms with Crippen molar-refractivity contribution in [2.24, 2.45) is 0 Å². The monoisotopic (exact) mass is 556 g/mol. The molecular formula is C27H35F3N2O5S. The van der Waals surface area contributed by atoms with E-state index in [-0.39, 0.29) is 31.9 Å². The van der Waals surface area contributed by atoms with Crippen LogP contribution in [0.15, 0.2) is 54.6 Å². The van der Waals surface area contributed by atoms with Crippen LogP contribution < -0.4 is 4.74 Å². The van der Waals surface area contributed by atoms with Crippen LogP contribution in [0.1, 0.15) is 43.7 Å². The van der Waals surface area contributed by atoms with Crippen molar-refractivity contribution in [3.8, 4) is 5.75 Å². The molecule has 1 aliphatic heterocycles. The molecule has 0 aromatic heterocycles. The van der Waals surface area contributed by atoms with Gasteiger partial charge in [-0.1, -0.05) is 37.3 Å². The zero-order valence-corrected chi connectivity index (χ0v) is 22.6. The quantitative estimate of drug-likeness (QED) is 0.334. The topological polar surface area (TPSA) is 76.2 Å². The molecule has 0 amide bonds. The maximum Gasteiger partial charge on any atom is 0.416 e. The molecule has 0 radical (unpaired) electrons. The fraction of sp³-hybridized carbons (Fsp3) is 0.519. The summed E-state index contributed by atoms with van der Waals surface area (Å²) in [5.74, 6) is -0.671. The van der Waals surface area contributed by atoms with Crippen LogP contribution in [0.2, 0.25) is 0 Å². The van der Waals surface area contributed by atoms with E-state index in [1.54, 1.807) is 30.3 Å². The van der Waals surface area contributed by atoms with E-state index in [1.165, 1.54) is 23.5 Å². The normalized spacial score (nSPS) is 16.4. The molecule has 0 N–H and O–H groups in total. The molecule has 0 aliphatic carbocycles. The van der Waals surface area contributed by atoms with Gasteiger partial charge in [0.1, 0.15) is 12.4 Å². The first-order valence-electron chi connectivity index (χ1n) is 12.7. The maximum atomic E-state index is 14.4. The Morgan fingerprint density at radius 1 is 0.974 bits per heavy atom. The molecule has 0 bridgehead atoms. The molecular weight excluding hydrogens is 521 g/mol. The van der Waals surface area contributed by atoms with Gasteiger partial charge in [0.05, 0.1) is 12.7 Å². The summed E-state index contributed by atoms with van der Waals surface area (Å²) in [6.07, 6.45) is -1.92. The number of methoxy groups -OCH3 is 1. The number of halogens is 3. The summed E-state index contributed by atoms with van der Waals surface area (Å²) in [7, 11) is -3.14. The Kier molecular flexibility index (Phi) is 10.2. The van der Waals surface area contributed by atoms with Gasteiger partial charge in [-0.25, -0.2) is 13.2 Å². The predicted octanol–water partition coefficient (Wildman–Crippen LogP) is 4.68. The van der Waals surface area contributed by atoms with E-state index in [1.807, 2.05) is 6.92 Å². The maximum absolute atomic E-state index is 14.4. The van der Waals surface area contributed by atoms with Gasteiger partial charge in [0, 0.05) is 19.6 Å². The first-order chi connectivity index (χ1) is 18.1. The number of nitrogens with zero attached hydrogens (tertiary/aromatic N) is 2. The van der Waals surface area contributed by atoms with Crippen LogP contribution in [0.25, 0.3) is 0 Å². The molecule has 2 aromatic carbocycles. The Morgan fingerprint density at radius 3 is 2.16 bits per heavy atom. The van der Waals surface area contributed by atoms with Crippen molar-refractivity contribution in [2.75, 3.05) is 46.4 Å². The van der Waals surface area contributed by atoms with E-state index >= 15 is 0 Å². The van der Waals surface area contributed by atoms with Gasteiger partial charge in [-0.15, -0.1) is 0 Å². The van der Waals surface area contributed by atoms with E-state index in [9.17, 15) is 26.4 Å². The number of hydrogen-bond donors (Lipinski definition) is 0. The van der Waals surface area contributed by atoms with E-state index in [0.717, 1.165) is 38.1 Å². The Bertz CT molecular complexity index is 1140. The Labute approximate surface area is 222 Å². The lowest BCUT2D eigenvalue weighted by atomic mass is 9.94. The van der Waals surface area contributed by atoms with Gasteiger partial charge in [-0.3, -0.25) is 0 Å². The van der Waals surface area contributed by atoms with Gasteiger partial charge in [-0.2, -0.15) is 17.5 Å². The minimum Gasteiger partial charge on any atom is -0.492 e. The zero-order valence-electron chi connectivity index (χ0n) is 21.7. The van der Waals surface area contributed by atoms with Crippen LogP contribution in [0.4, 0.5) is 13.2 Å². The van der Waals surface area contributed by atoms with Crippen LogP contribution in [-0.4, -0.2) is 70.0 Å². The van der Waals surface area contributed by atoms with Gasteiger partial charge in [0.2, 0.25) is 14.8 Å². The summed E-state index contributed by atoms with van der Waals surface area (Å²) >= 11 is 0. The number of carbonyl (C=O) groups excluding carboxylic acids is 1. The number of esters is 1. The van der Waals surface area contributed by atoms with Gasteiger partial charge < -0.3 is 14.4 Å². The molecule has 1 unspecified atom stereocenters. The van der Waals surface area contributed by atoms with Crippen molar-refractivity contribution in [1.29, 1.82) is 0 Å². The SMILES string of the molecule is CCCN(CCOc1ccc(C(F)(F)F)cc1)S(=O)(=O)C(CCN1CCCC1)(C(=O)OC)c1ccccc1. The molecule has 0 spiro atoms. The second kappa shape index (κ2) is 12.9.